The van der Waals surface area contributed by atoms with Crippen molar-refractivity contribution in [2.75, 3.05) is 51.2 Å². The van der Waals surface area contributed by atoms with Crippen LogP contribution in [-0.4, -0.2) is 74.6 Å². The van der Waals surface area contributed by atoms with Crippen LogP contribution < -0.4 is 19.7 Å². The first-order chi connectivity index (χ1) is 24.6. The van der Waals surface area contributed by atoms with Crippen molar-refractivity contribution in [1.82, 2.24) is 10.0 Å². The molecule has 1 unspecified atom stereocenters. The van der Waals surface area contributed by atoms with Gasteiger partial charge in [0.2, 0.25) is 0 Å². The fraction of sp³-hybridized carbons (Fsp3) is 0.600. The first-order valence-corrected chi connectivity index (χ1v) is 20.4. The molecule has 2 aliphatic heterocycles. The summed E-state index contributed by atoms with van der Waals surface area (Å²) >= 11 is 0. The molecule has 2 bridgehead atoms. The SMILES string of the molecule is COCC1CC(NC(=O)NS2(=O)=NC(=O)c3ccc4c(c3)N(C[C@@H]3CC[C@H]3[C@@H](OC)/C=C/C[C@H](C)C2)C[C@@]2(CCCc3cc(C)ccc32)CO4)C1. The Balaban J connectivity index is 1.24. The maximum atomic E-state index is 14.5. The first-order valence-electron chi connectivity index (χ1n) is 18.7. The van der Waals surface area contributed by atoms with Gasteiger partial charge >= 0.3 is 6.03 Å². The summed E-state index contributed by atoms with van der Waals surface area (Å²) in [5.41, 5.74) is 5.03. The fourth-order valence-corrected chi connectivity index (χ4v) is 10.9. The standard InChI is InChI=1S/C40H54N4O6S/c1-26-10-14-34-29(17-26)8-6-16-40(34)24-44-21-31-11-13-33(31)36(49-4)9-5-7-27(2)23-51(47,43-39(46)41-32-18-28(19-32)22-48-3)42-38(45)30-12-15-37(50-25-40)35(44)20-30/h5,9-10,12,14-15,17,20,27-28,31-33,36H,6-8,11,13,16,18-19,21-25H2,1-4H3,(H2,41,42,43,45,46,47)/b9-5+/t27-,28?,31-,32?,33+,36-,40-,51?/m0/s1. The number of fused-ring (bicyclic) bond motifs is 4. The predicted octanol–water partition coefficient (Wildman–Crippen LogP) is 6.35. The highest BCUT2D eigenvalue weighted by Crippen LogP contribution is 2.47. The van der Waals surface area contributed by atoms with Gasteiger partial charge in [-0.05, 0) is 111 Å². The van der Waals surface area contributed by atoms with Gasteiger partial charge < -0.3 is 24.4 Å². The number of hydrogen-bond donors (Lipinski definition) is 2. The van der Waals surface area contributed by atoms with Crippen molar-refractivity contribution in [1.29, 1.82) is 0 Å². The average Bonchev–Trinajstić information content (AvgIpc) is 3.21. The maximum Gasteiger partial charge on any atom is 0.327 e. The number of anilines is 1. The molecule has 0 radical (unpaired) electrons. The van der Waals surface area contributed by atoms with Crippen LogP contribution in [0.1, 0.15) is 78.9 Å². The Morgan fingerprint density at radius 3 is 2.76 bits per heavy atom. The second-order valence-electron chi connectivity index (χ2n) is 15.9. The number of carbonyl (C=O) groups is 2. The number of aryl methyl sites for hydroxylation is 2. The lowest BCUT2D eigenvalue weighted by Crippen LogP contribution is -2.51. The molecule has 3 amide bonds. The van der Waals surface area contributed by atoms with Crippen LogP contribution in [0.4, 0.5) is 10.5 Å². The van der Waals surface area contributed by atoms with Crippen molar-refractivity contribution in [3.8, 4) is 5.75 Å². The van der Waals surface area contributed by atoms with Crippen molar-refractivity contribution in [2.24, 2.45) is 28.0 Å². The van der Waals surface area contributed by atoms with E-state index in [0.717, 1.165) is 69.5 Å². The smallest absolute Gasteiger partial charge is 0.327 e. The molecule has 2 aromatic carbocycles. The van der Waals surface area contributed by atoms with E-state index in [1.165, 1.54) is 16.7 Å². The largest absolute Gasteiger partial charge is 0.490 e. The zero-order valence-electron chi connectivity index (χ0n) is 30.5. The molecule has 3 aliphatic carbocycles. The number of methoxy groups -OCH3 is 2. The summed E-state index contributed by atoms with van der Waals surface area (Å²) < 4.78 is 39.4. The van der Waals surface area contributed by atoms with Gasteiger partial charge in [-0.3, -0.25) is 9.52 Å². The van der Waals surface area contributed by atoms with Crippen molar-refractivity contribution in [3.63, 3.8) is 0 Å². The average molecular weight is 719 g/mol. The fourth-order valence-electron chi connectivity index (χ4n) is 9.11. The number of benzene rings is 2. The van der Waals surface area contributed by atoms with Crippen molar-refractivity contribution in [3.05, 3.63) is 70.8 Å². The van der Waals surface area contributed by atoms with Gasteiger partial charge in [-0.1, -0.05) is 42.8 Å². The molecule has 276 valence electrons. The van der Waals surface area contributed by atoms with E-state index in [1.807, 2.05) is 19.1 Å². The van der Waals surface area contributed by atoms with E-state index < -0.39 is 21.9 Å². The molecule has 2 N–H and O–H groups in total. The van der Waals surface area contributed by atoms with Gasteiger partial charge in [0.05, 0.1) is 24.2 Å². The zero-order valence-corrected chi connectivity index (χ0v) is 31.3. The molecule has 1 spiro atoms. The topological polar surface area (TPSA) is 119 Å². The molecule has 2 heterocycles. The molecule has 5 aliphatic rings. The normalized spacial score (nSPS) is 34.0. The van der Waals surface area contributed by atoms with Gasteiger partial charge in [0.15, 0.2) is 0 Å². The third kappa shape index (κ3) is 7.71. The Bertz CT molecular complexity index is 1780. The second kappa shape index (κ2) is 14.9. The molecule has 11 heteroatoms. The van der Waals surface area contributed by atoms with E-state index in [2.05, 4.69) is 56.6 Å². The molecular weight excluding hydrogens is 665 g/mol. The first kappa shape index (κ1) is 36.0. The van der Waals surface area contributed by atoms with Crippen LogP contribution in [0.5, 0.6) is 5.75 Å². The summed E-state index contributed by atoms with van der Waals surface area (Å²) in [7, 11) is -0.0151. The molecular formula is C40H54N4O6S. The van der Waals surface area contributed by atoms with E-state index in [0.29, 0.717) is 43.0 Å². The minimum atomic E-state index is -3.47. The van der Waals surface area contributed by atoms with Gasteiger partial charge in [0.1, 0.15) is 15.7 Å². The van der Waals surface area contributed by atoms with E-state index in [1.54, 1.807) is 20.3 Å². The van der Waals surface area contributed by atoms with Gasteiger partial charge in [-0.15, -0.1) is 4.36 Å². The lowest BCUT2D eigenvalue weighted by Gasteiger charge is -2.46. The van der Waals surface area contributed by atoms with Crippen molar-refractivity contribution in [2.45, 2.75) is 82.8 Å². The molecule has 2 aromatic rings. The highest BCUT2D eigenvalue weighted by molar-refractivity contribution is 7.92. The van der Waals surface area contributed by atoms with Crippen LogP contribution in [-0.2, 0) is 31.2 Å². The molecule has 2 fully saturated rings. The molecule has 2 saturated carbocycles. The van der Waals surface area contributed by atoms with Gasteiger partial charge in [-0.25, -0.2) is 9.00 Å². The molecule has 7 rings (SSSR count). The van der Waals surface area contributed by atoms with Crippen LogP contribution in [0.25, 0.3) is 0 Å². The Hall–Kier alpha value is -3.41. The Kier molecular flexibility index (Phi) is 10.5. The van der Waals surface area contributed by atoms with Gasteiger partial charge in [0.25, 0.3) is 5.91 Å². The molecule has 10 nitrogen and oxygen atoms in total. The Morgan fingerprint density at radius 2 is 2.00 bits per heavy atom. The number of ether oxygens (including phenoxy) is 3. The number of allylic oxidation sites excluding steroid dienone is 1. The van der Waals surface area contributed by atoms with Crippen LogP contribution >= 0.6 is 0 Å². The van der Waals surface area contributed by atoms with Gasteiger partial charge in [-0.2, -0.15) is 0 Å². The molecule has 0 aromatic heterocycles. The number of rotatable bonds is 5. The molecule has 0 saturated heterocycles. The molecule has 6 atom stereocenters. The highest BCUT2D eigenvalue weighted by Gasteiger charge is 2.44. The monoisotopic (exact) mass is 718 g/mol. The van der Waals surface area contributed by atoms with Crippen LogP contribution in [0.2, 0.25) is 0 Å². The van der Waals surface area contributed by atoms with Crippen LogP contribution in [0, 0.1) is 30.6 Å². The van der Waals surface area contributed by atoms with E-state index in [4.69, 9.17) is 14.2 Å². The highest BCUT2D eigenvalue weighted by atomic mass is 32.2. The zero-order chi connectivity index (χ0) is 35.8. The second-order valence-corrected chi connectivity index (χ2v) is 17.9. The van der Waals surface area contributed by atoms with Crippen molar-refractivity contribution < 1.29 is 28.0 Å². The summed E-state index contributed by atoms with van der Waals surface area (Å²) in [5, 5.41) is 2.93. The minimum absolute atomic E-state index is 0.0317. The summed E-state index contributed by atoms with van der Waals surface area (Å²) in [4.78, 5) is 29.6. The third-order valence-corrected chi connectivity index (χ3v) is 13.9. The lowest BCUT2D eigenvalue weighted by molar-refractivity contribution is 0.0131. The molecule has 51 heavy (non-hydrogen) atoms. The number of nitrogens with zero attached hydrogens (tertiary/aromatic N) is 2. The van der Waals surface area contributed by atoms with E-state index >= 15 is 0 Å². The number of urea groups is 1. The van der Waals surface area contributed by atoms with E-state index in [9.17, 15) is 13.8 Å². The summed E-state index contributed by atoms with van der Waals surface area (Å²) in [6, 6.07) is 11.7. The maximum absolute atomic E-state index is 14.5. The Labute approximate surface area is 303 Å². The van der Waals surface area contributed by atoms with Crippen molar-refractivity contribution >= 4 is 27.5 Å². The predicted molar refractivity (Wildman–Crippen MR) is 200 cm³/mol. The summed E-state index contributed by atoms with van der Waals surface area (Å²) in [6.07, 6.45) is 11.8. The Morgan fingerprint density at radius 1 is 1.16 bits per heavy atom. The minimum Gasteiger partial charge on any atom is -0.490 e. The number of carbonyl (C=O) groups excluding carboxylic acids is 2. The lowest BCUT2D eigenvalue weighted by atomic mass is 9.68. The number of hydrogen-bond acceptors (Lipinski definition) is 7. The van der Waals surface area contributed by atoms with Crippen LogP contribution in [0.3, 0.4) is 0 Å². The summed E-state index contributed by atoms with van der Waals surface area (Å²) in [6.45, 7) is 6.91. The quantitative estimate of drug-likeness (QED) is 0.346. The van der Waals surface area contributed by atoms with E-state index in [-0.39, 0.29) is 29.2 Å². The third-order valence-electron chi connectivity index (χ3n) is 11.9. The van der Waals surface area contributed by atoms with Gasteiger partial charge in [0, 0.05) is 50.9 Å². The number of amides is 3. The van der Waals surface area contributed by atoms with Crippen LogP contribution in [0.15, 0.2) is 52.9 Å². The summed E-state index contributed by atoms with van der Waals surface area (Å²) in [5.74, 6) is 1.23. The number of nitrogens with one attached hydrogen (secondary N) is 2.